The summed E-state index contributed by atoms with van der Waals surface area (Å²) in [4.78, 5) is 4.69. The maximum atomic E-state index is 13.7. The Labute approximate surface area is 230 Å². The molecule has 7 nitrogen and oxygen atoms in total. The van der Waals surface area contributed by atoms with Gasteiger partial charge in [0.2, 0.25) is 10.0 Å². The Balaban J connectivity index is 1.55. The van der Waals surface area contributed by atoms with Gasteiger partial charge in [-0.2, -0.15) is 22.6 Å². The van der Waals surface area contributed by atoms with E-state index in [-0.39, 0.29) is 24.8 Å². The number of nitrogens with zero attached hydrogens (tertiary/aromatic N) is 5. The minimum absolute atomic E-state index is 0.0142. The van der Waals surface area contributed by atoms with Crippen molar-refractivity contribution in [3.05, 3.63) is 83.6 Å². The fourth-order valence-electron chi connectivity index (χ4n) is 5.29. The molecule has 2 aromatic heterocycles. The first-order chi connectivity index (χ1) is 18.9. The number of benzene rings is 2. The molecule has 0 radical (unpaired) electrons. The first-order valence-corrected chi connectivity index (χ1v) is 14.3. The number of alkyl halides is 3. The summed E-state index contributed by atoms with van der Waals surface area (Å²) in [5.41, 5.74) is 1.83. The molecule has 0 bridgehead atoms. The Morgan fingerprint density at radius 2 is 1.80 bits per heavy atom. The zero-order valence-corrected chi connectivity index (χ0v) is 23.0. The van der Waals surface area contributed by atoms with Crippen LogP contribution < -0.4 is 0 Å². The van der Waals surface area contributed by atoms with Gasteiger partial charge in [-0.1, -0.05) is 13.8 Å². The molecular formula is C28H29F4N5O2S. The molecule has 4 aromatic rings. The topological polar surface area (TPSA) is 71.3 Å². The molecule has 3 heterocycles. The molecule has 1 unspecified atom stereocenters. The molecular weight excluding hydrogens is 546 g/mol. The fraction of sp³-hybridized carbons (Fsp3) is 0.357. The van der Waals surface area contributed by atoms with Crippen LogP contribution >= 0.6 is 0 Å². The molecule has 1 atom stereocenters. The lowest BCUT2D eigenvalue weighted by Crippen LogP contribution is -2.51. The Bertz CT molecular complexity index is 1630. The van der Waals surface area contributed by atoms with Gasteiger partial charge in [-0.05, 0) is 72.5 Å². The Kier molecular flexibility index (Phi) is 7.45. The average Bonchev–Trinajstić information content (AvgIpc) is 3.30. The largest absolute Gasteiger partial charge is 0.434 e. The molecule has 0 spiro atoms. The van der Waals surface area contributed by atoms with Crippen LogP contribution in [0.15, 0.2) is 65.8 Å². The fourth-order valence-corrected chi connectivity index (χ4v) is 6.89. The predicted molar refractivity (Wildman–Crippen MR) is 143 cm³/mol. The summed E-state index contributed by atoms with van der Waals surface area (Å²) in [6.07, 6.45) is -2.28. The number of hydrogen-bond acceptors (Lipinski definition) is 5. The van der Waals surface area contributed by atoms with Crippen LogP contribution in [0.3, 0.4) is 0 Å². The first-order valence-electron chi connectivity index (χ1n) is 12.9. The molecule has 40 heavy (non-hydrogen) atoms. The quantitative estimate of drug-likeness (QED) is 0.281. The summed E-state index contributed by atoms with van der Waals surface area (Å²) in [6.45, 7) is 7.13. The highest BCUT2D eigenvalue weighted by Crippen LogP contribution is 2.37. The number of rotatable bonds is 6. The van der Waals surface area contributed by atoms with E-state index in [4.69, 9.17) is 0 Å². The second-order valence-corrected chi connectivity index (χ2v) is 12.3. The zero-order valence-electron chi connectivity index (χ0n) is 22.2. The summed E-state index contributed by atoms with van der Waals surface area (Å²) in [6, 6.07) is 11.7. The number of aromatic nitrogens is 3. The van der Waals surface area contributed by atoms with Crippen LogP contribution in [0, 0.1) is 18.7 Å². The van der Waals surface area contributed by atoms with Gasteiger partial charge >= 0.3 is 6.18 Å². The van der Waals surface area contributed by atoms with Gasteiger partial charge in [-0.15, -0.1) is 0 Å². The Morgan fingerprint density at radius 3 is 2.48 bits per heavy atom. The number of halogens is 4. The van der Waals surface area contributed by atoms with Crippen molar-refractivity contribution in [2.75, 3.05) is 26.2 Å². The number of hydrogen-bond donors (Lipinski definition) is 0. The van der Waals surface area contributed by atoms with E-state index in [9.17, 15) is 26.0 Å². The van der Waals surface area contributed by atoms with E-state index < -0.39 is 32.8 Å². The van der Waals surface area contributed by atoms with E-state index >= 15 is 0 Å². The summed E-state index contributed by atoms with van der Waals surface area (Å²) >= 11 is 0. The van der Waals surface area contributed by atoms with Crippen molar-refractivity contribution in [1.29, 1.82) is 0 Å². The van der Waals surface area contributed by atoms with Crippen LogP contribution in [0.2, 0.25) is 0 Å². The summed E-state index contributed by atoms with van der Waals surface area (Å²) in [7, 11) is -4.48. The minimum atomic E-state index is -4.91. The molecule has 1 aliphatic rings. The van der Waals surface area contributed by atoms with Crippen molar-refractivity contribution in [2.45, 2.75) is 37.9 Å². The van der Waals surface area contributed by atoms with E-state index in [0.29, 0.717) is 18.8 Å². The molecule has 0 aliphatic carbocycles. The van der Waals surface area contributed by atoms with Crippen LogP contribution in [0.1, 0.15) is 36.7 Å². The Morgan fingerprint density at radius 1 is 1.07 bits per heavy atom. The lowest BCUT2D eigenvalue weighted by molar-refractivity contribution is -0.143. The van der Waals surface area contributed by atoms with Gasteiger partial charge in [0.1, 0.15) is 10.7 Å². The van der Waals surface area contributed by atoms with Crippen molar-refractivity contribution in [3.8, 4) is 5.69 Å². The molecule has 1 aliphatic heterocycles. The SMILES string of the molecule is Cc1cc2c(cnn2-c2ccc(F)cc2)cc1C1CN(S(=O)(=O)c2cccnc2C(F)(F)F)CCN1CC(C)C. The molecule has 12 heteroatoms. The number of aryl methyl sites for hydroxylation is 1. The average molecular weight is 576 g/mol. The summed E-state index contributed by atoms with van der Waals surface area (Å²) < 4.78 is 84.4. The molecule has 0 saturated carbocycles. The smallest absolute Gasteiger partial charge is 0.293 e. The van der Waals surface area contributed by atoms with Gasteiger partial charge in [0, 0.05) is 43.8 Å². The lowest BCUT2D eigenvalue weighted by atomic mass is 9.96. The molecule has 1 fully saturated rings. The highest BCUT2D eigenvalue weighted by Gasteiger charge is 2.43. The normalized spacial score (nSPS) is 17.6. The van der Waals surface area contributed by atoms with E-state index in [1.165, 1.54) is 18.2 Å². The second-order valence-electron chi connectivity index (χ2n) is 10.4. The third kappa shape index (κ3) is 5.35. The van der Waals surface area contributed by atoms with Crippen LogP contribution in [0.5, 0.6) is 0 Å². The monoisotopic (exact) mass is 575 g/mol. The van der Waals surface area contributed by atoms with Crippen molar-refractivity contribution in [2.24, 2.45) is 5.92 Å². The highest BCUT2D eigenvalue weighted by molar-refractivity contribution is 7.89. The molecule has 212 valence electrons. The zero-order chi connectivity index (χ0) is 28.8. The van der Waals surface area contributed by atoms with Crippen LogP contribution in [-0.2, 0) is 16.2 Å². The van der Waals surface area contributed by atoms with E-state index in [2.05, 4.69) is 28.8 Å². The highest BCUT2D eigenvalue weighted by atomic mass is 32.2. The minimum Gasteiger partial charge on any atom is -0.293 e. The van der Waals surface area contributed by atoms with Crippen LogP contribution in [0.4, 0.5) is 17.6 Å². The van der Waals surface area contributed by atoms with E-state index in [1.54, 1.807) is 23.0 Å². The molecule has 2 aromatic carbocycles. The molecule has 0 amide bonds. The maximum absolute atomic E-state index is 13.7. The lowest BCUT2D eigenvalue weighted by Gasteiger charge is -2.42. The van der Waals surface area contributed by atoms with Crippen LogP contribution in [-0.4, -0.2) is 58.6 Å². The van der Waals surface area contributed by atoms with Gasteiger partial charge in [0.25, 0.3) is 0 Å². The predicted octanol–water partition coefficient (Wildman–Crippen LogP) is 5.59. The van der Waals surface area contributed by atoms with E-state index in [1.807, 2.05) is 19.1 Å². The number of pyridine rings is 1. The van der Waals surface area contributed by atoms with Gasteiger partial charge < -0.3 is 0 Å². The van der Waals surface area contributed by atoms with Crippen molar-refractivity contribution in [1.82, 2.24) is 24.0 Å². The second kappa shape index (κ2) is 10.6. The van der Waals surface area contributed by atoms with E-state index in [0.717, 1.165) is 38.6 Å². The summed E-state index contributed by atoms with van der Waals surface area (Å²) in [5.74, 6) is -0.0690. The number of sulfonamides is 1. The molecule has 0 N–H and O–H groups in total. The molecule has 5 rings (SSSR count). The van der Waals surface area contributed by atoms with Gasteiger partial charge in [0.05, 0.1) is 17.4 Å². The third-order valence-electron chi connectivity index (χ3n) is 7.10. The van der Waals surface area contributed by atoms with Crippen LogP contribution in [0.25, 0.3) is 16.6 Å². The Hall–Kier alpha value is -3.35. The van der Waals surface area contributed by atoms with Crippen molar-refractivity contribution < 1.29 is 26.0 Å². The maximum Gasteiger partial charge on any atom is 0.434 e. The third-order valence-corrected chi connectivity index (χ3v) is 8.99. The standard InChI is InChI=1S/C28H29F4N5O2S/c1-18(2)16-35-11-12-36(40(38,39)26-5-4-10-33-27(26)28(30,31)32)17-25(35)23-14-20-15-34-37(24(20)13-19(23)3)22-8-6-21(29)7-9-22/h4-10,13-15,18,25H,11-12,16-17H2,1-3H3. The first kappa shape index (κ1) is 28.2. The van der Waals surface area contributed by atoms with Gasteiger partial charge in [-0.25, -0.2) is 17.5 Å². The van der Waals surface area contributed by atoms with Gasteiger partial charge in [-0.3, -0.25) is 9.88 Å². The van der Waals surface area contributed by atoms with Gasteiger partial charge in [0.15, 0.2) is 5.69 Å². The number of piperazine rings is 1. The summed E-state index contributed by atoms with van der Waals surface area (Å²) in [5, 5.41) is 5.28. The van der Waals surface area contributed by atoms with Crippen molar-refractivity contribution in [3.63, 3.8) is 0 Å². The molecule has 1 saturated heterocycles. The van der Waals surface area contributed by atoms with Crippen molar-refractivity contribution >= 4 is 20.9 Å². The number of fused-ring (bicyclic) bond motifs is 1.